The summed E-state index contributed by atoms with van der Waals surface area (Å²) in [5.74, 6) is 0.468. The van der Waals surface area contributed by atoms with Crippen molar-refractivity contribution >= 4 is 17.4 Å². The van der Waals surface area contributed by atoms with Crippen LogP contribution in [0.2, 0.25) is 0 Å². The first-order chi connectivity index (χ1) is 7.31. The maximum Gasteiger partial charge on any atom is 0.241 e. The van der Waals surface area contributed by atoms with Crippen LogP contribution in [0.3, 0.4) is 0 Å². The SMILES string of the molecule is CCOc1ncnc(SC2COC2)c1N. The number of nitrogens with two attached hydrogens (primary N) is 1. The molecule has 1 aliphatic rings. The standard InChI is InChI=1S/C9H13N3O2S/c1-2-14-8-7(10)9(12-5-11-8)15-6-3-13-4-6/h5-6H,2-4,10H2,1H3. The molecule has 0 aliphatic carbocycles. The molecule has 1 saturated heterocycles. The number of rotatable bonds is 4. The van der Waals surface area contributed by atoms with Crippen LogP contribution in [0.5, 0.6) is 5.88 Å². The van der Waals surface area contributed by atoms with Crippen molar-refractivity contribution in [2.45, 2.75) is 17.2 Å². The summed E-state index contributed by atoms with van der Waals surface area (Å²) in [5, 5.41) is 1.23. The Kier molecular flexibility index (Phi) is 3.27. The lowest BCUT2D eigenvalue weighted by Crippen LogP contribution is -2.30. The van der Waals surface area contributed by atoms with Gasteiger partial charge in [0.25, 0.3) is 0 Å². The van der Waals surface area contributed by atoms with Crippen LogP contribution in [0.1, 0.15) is 6.92 Å². The van der Waals surface area contributed by atoms with Gasteiger partial charge in [0.15, 0.2) is 0 Å². The van der Waals surface area contributed by atoms with Crippen LogP contribution in [-0.2, 0) is 4.74 Å². The van der Waals surface area contributed by atoms with Crippen molar-refractivity contribution in [1.29, 1.82) is 0 Å². The molecule has 2 heterocycles. The third-order valence-electron chi connectivity index (χ3n) is 1.98. The van der Waals surface area contributed by atoms with Gasteiger partial charge < -0.3 is 15.2 Å². The first-order valence-electron chi connectivity index (χ1n) is 4.79. The third-order valence-corrected chi connectivity index (χ3v) is 3.13. The number of anilines is 1. The van der Waals surface area contributed by atoms with Gasteiger partial charge in [0.2, 0.25) is 5.88 Å². The van der Waals surface area contributed by atoms with E-state index >= 15 is 0 Å². The number of nitrogens with zero attached hydrogens (tertiary/aromatic N) is 2. The molecule has 0 radical (unpaired) electrons. The van der Waals surface area contributed by atoms with E-state index in [-0.39, 0.29) is 0 Å². The molecule has 1 fully saturated rings. The third kappa shape index (κ3) is 2.32. The molecule has 1 aromatic heterocycles. The Bertz CT molecular complexity index is 344. The average Bonchev–Trinajstić information content (AvgIpc) is 2.17. The summed E-state index contributed by atoms with van der Waals surface area (Å²) in [6.07, 6.45) is 1.48. The van der Waals surface area contributed by atoms with Crippen molar-refractivity contribution in [3.63, 3.8) is 0 Å². The number of nitrogen functional groups attached to an aromatic ring is 1. The average molecular weight is 227 g/mol. The van der Waals surface area contributed by atoms with Gasteiger partial charge in [0.1, 0.15) is 17.0 Å². The Morgan fingerprint density at radius 3 is 3.00 bits per heavy atom. The van der Waals surface area contributed by atoms with Gasteiger partial charge in [-0.2, -0.15) is 4.98 Å². The summed E-state index contributed by atoms with van der Waals surface area (Å²) in [7, 11) is 0. The lowest BCUT2D eigenvalue weighted by atomic mass is 10.4. The van der Waals surface area contributed by atoms with Crippen LogP contribution in [-0.4, -0.2) is 35.0 Å². The van der Waals surface area contributed by atoms with Crippen molar-refractivity contribution in [3.05, 3.63) is 6.33 Å². The maximum atomic E-state index is 5.88. The molecule has 0 atom stereocenters. The van der Waals surface area contributed by atoms with Crippen molar-refractivity contribution in [1.82, 2.24) is 9.97 Å². The van der Waals surface area contributed by atoms with E-state index in [9.17, 15) is 0 Å². The quantitative estimate of drug-likeness (QED) is 0.772. The van der Waals surface area contributed by atoms with E-state index in [2.05, 4.69) is 9.97 Å². The molecule has 1 aliphatic heterocycles. The predicted octanol–water partition coefficient (Wildman–Crippen LogP) is 0.948. The number of ether oxygens (including phenoxy) is 2. The molecule has 0 aromatic carbocycles. The van der Waals surface area contributed by atoms with Gasteiger partial charge in [-0.1, -0.05) is 11.8 Å². The molecule has 0 spiro atoms. The number of hydrogen-bond acceptors (Lipinski definition) is 6. The van der Waals surface area contributed by atoms with Gasteiger partial charge in [-0.25, -0.2) is 4.98 Å². The highest BCUT2D eigenvalue weighted by atomic mass is 32.2. The molecule has 1 aromatic rings. The van der Waals surface area contributed by atoms with Crippen molar-refractivity contribution in [2.75, 3.05) is 25.6 Å². The smallest absolute Gasteiger partial charge is 0.241 e. The van der Waals surface area contributed by atoms with Crippen LogP contribution >= 0.6 is 11.8 Å². The second-order valence-electron chi connectivity index (χ2n) is 3.11. The zero-order valence-electron chi connectivity index (χ0n) is 8.47. The topological polar surface area (TPSA) is 70.3 Å². The highest BCUT2D eigenvalue weighted by Crippen LogP contribution is 2.33. The highest BCUT2D eigenvalue weighted by Gasteiger charge is 2.22. The van der Waals surface area contributed by atoms with E-state index in [4.69, 9.17) is 15.2 Å². The van der Waals surface area contributed by atoms with E-state index in [0.29, 0.717) is 23.4 Å². The molecule has 2 rings (SSSR count). The molecule has 2 N–H and O–H groups in total. The van der Waals surface area contributed by atoms with Crippen LogP contribution in [0, 0.1) is 0 Å². The van der Waals surface area contributed by atoms with Crippen LogP contribution in [0.25, 0.3) is 0 Å². The fourth-order valence-corrected chi connectivity index (χ4v) is 2.12. The Morgan fingerprint density at radius 2 is 2.40 bits per heavy atom. The van der Waals surface area contributed by atoms with Crippen LogP contribution in [0.4, 0.5) is 5.69 Å². The minimum atomic E-state index is 0.455. The first kappa shape index (κ1) is 10.5. The molecule has 6 heteroatoms. The fourth-order valence-electron chi connectivity index (χ4n) is 1.15. The Hall–Kier alpha value is -1.01. The van der Waals surface area contributed by atoms with E-state index in [1.165, 1.54) is 6.33 Å². The minimum Gasteiger partial charge on any atom is -0.476 e. The second kappa shape index (κ2) is 4.67. The number of aromatic nitrogens is 2. The number of thioether (sulfide) groups is 1. The zero-order chi connectivity index (χ0) is 10.7. The van der Waals surface area contributed by atoms with Crippen molar-refractivity contribution < 1.29 is 9.47 Å². The number of hydrogen-bond donors (Lipinski definition) is 1. The Balaban J connectivity index is 2.11. The summed E-state index contributed by atoms with van der Waals surface area (Å²) < 4.78 is 10.4. The predicted molar refractivity (Wildman–Crippen MR) is 58.1 cm³/mol. The summed E-state index contributed by atoms with van der Waals surface area (Å²) in [5.41, 5.74) is 6.41. The molecule has 15 heavy (non-hydrogen) atoms. The summed E-state index contributed by atoms with van der Waals surface area (Å²) in [6.45, 7) is 3.97. The normalized spacial score (nSPS) is 16.1. The Labute approximate surface area is 92.4 Å². The van der Waals surface area contributed by atoms with Crippen LogP contribution < -0.4 is 10.5 Å². The summed E-state index contributed by atoms with van der Waals surface area (Å²) >= 11 is 1.62. The monoisotopic (exact) mass is 227 g/mol. The van der Waals surface area contributed by atoms with E-state index in [0.717, 1.165) is 18.2 Å². The van der Waals surface area contributed by atoms with Crippen molar-refractivity contribution in [2.24, 2.45) is 0 Å². The summed E-state index contributed by atoms with van der Waals surface area (Å²) in [4.78, 5) is 8.11. The lowest BCUT2D eigenvalue weighted by molar-refractivity contribution is 0.0455. The van der Waals surface area contributed by atoms with E-state index in [1.54, 1.807) is 11.8 Å². The largest absolute Gasteiger partial charge is 0.476 e. The first-order valence-corrected chi connectivity index (χ1v) is 5.67. The van der Waals surface area contributed by atoms with Crippen molar-refractivity contribution in [3.8, 4) is 5.88 Å². The zero-order valence-corrected chi connectivity index (χ0v) is 9.29. The van der Waals surface area contributed by atoms with Gasteiger partial charge in [-0.05, 0) is 6.92 Å². The van der Waals surface area contributed by atoms with Gasteiger partial charge >= 0.3 is 0 Å². The van der Waals surface area contributed by atoms with E-state index < -0.39 is 0 Å². The molecular formula is C9H13N3O2S. The molecule has 82 valence electrons. The summed E-state index contributed by atoms with van der Waals surface area (Å²) in [6, 6.07) is 0. The van der Waals surface area contributed by atoms with Gasteiger partial charge in [-0.3, -0.25) is 0 Å². The fraction of sp³-hybridized carbons (Fsp3) is 0.556. The molecule has 5 nitrogen and oxygen atoms in total. The highest BCUT2D eigenvalue weighted by molar-refractivity contribution is 8.00. The molecular weight excluding hydrogens is 214 g/mol. The Morgan fingerprint density at radius 1 is 1.60 bits per heavy atom. The van der Waals surface area contributed by atoms with Gasteiger partial charge in [-0.15, -0.1) is 0 Å². The van der Waals surface area contributed by atoms with Gasteiger partial charge in [0, 0.05) is 0 Å². The second-order valence-corrected chi connectivity index (χ2v) is 4.40. The van der Waals surface area contributed by atoms with Gasteiger partial charge in [0.05, 0.1) is 25.1 Å². The molecule has 0 saturated carbocycles. The van der Waals surface area contributed by atoms with Crippen LogP contribution in [0.15, 0.2) is 11.4 Å². The lowest BCUT2D eigenvalue weighted by Gasteiger charge is -2.25. The minimum absolute atomic E-state index is 0.455. The van der Waals surface area contributed by atoms with E-state index in [1.807, 2.05) is 6.92 Å². The molecule has 0 unspecified atom stereocenters. The molecule has 0 amide bonds. The maximum absolute atomic E-state index is 5.88. The molecule has 0 bridgehead atoms.